The van der Waals surface area contributed by atoms with Gasteiger partial charge in [-0.3, -0.25) is 14.4 Å². The number of rotatable bonds is 7. The monoisotopic (exact) mass is 355 g/mol. The summed E-state index contributed by atoms with van der Waals surface area (Å²) < 4.78 is 21.9. The van der Waals surface area contributed by atoms with Crippen LogP contribution in [-0.2, 0) is 23.9 Å². The van der Waals surface area contributed by atoms with Crippen molar-refractivity contribution in [2.24, 2.45) is 11.8 Å². The Morgan fingerprint density at radius 2 is 1.52 bits per heavy atom. The molecule has 0 bridgehead atoms. The topological polar surface area (TPSA) is 119 Å². The first kappa shape index (κ1) is 20.1. The Balaban J connectivity index is 3.06. The van der Waals surface area contributed by atoms with Crippen molar-refractivity contribution < 1.29 is 38.1 Å². The fraction of sp³-hybridized carbons (Fsp3) is 0.375. The molecule has 1 amide bonds. The number of amides is 1. The zero-order valence-corrected chi connectivity index (χ0v) is 13.8. The highest BCUT2D eigenvalue weighted by Crippen LogP contribution is 2.20. The lowest BCUT2D eigenvalue weighted by Gasteiger charge is -2.26. The minimum absolute atomic E-state index is 0.0209. The predicted octanol–water partition coefficient (Wildman–Crippen LogP) is 0.607. The molecule has 0 saturated carbocycles. The Morgan fingerprint density at radius 1 is 1.04 bits per heavy atom. The first-order chi connectivity index (χ1) is 11.7. The summed E-state index contributed by atoms with van der Waals surface area (Å²) in [5, 5.41) is 11.6. The molecular formula is C16H18FNO7. The lowest BCUT2D eigenvalue weighted by molar-refractivity contribution is -0.162. The van der Waals surface area contributed by atoms with Gasteiger partial charge in [-0.15, -0.1) is 0 Å². The average molecular weight is 355 g/mol. The Labute approximate surface area is 142 Å². The van der Waals surface area contributed by atoms with Crippen LogP contribution in [0.15, 0.2) is 24.3 Å². The van der Waals surface area contributed by atoms with Gasteiger partial charge in [0, 0.05) is 11.5 Å². The third-order valence-corrected chi connectivity index (χ3v) is 3.62. The molecule has 25 heavy (non-hydrogen) atoms. The number of carboxylic acids is 1. The molecule has 0 unspecified atom stereocenters. The highest BCUT2D eigenvalue weighted by atomic mass is 19.1. The van der Waals surface area contributed by atoms with E-state index in [4.69, 9.17) is 0 Å². The number of ether oxygens (including phenoxy) is 2. The minimum atomic E-state index is -1.58. The molecule has 0 saturated heterocycles. The van der Waals surface area contributed by atoms with E-state index >= 15 is 0 Å². The highest BCUT2D eigenvalue weighted by molar-refractivity contribution is 5.98. The second-order valence-corrected chi connectivity index (χ2v) is 5.18. The Kier molecular flexibility index (Phi) is 7.04. The van der Waals surface area contributed by atoms with Crippen LogP contribution < -0.4 is 5.32 Å². The van der Waals surface area contributed by atoms with Gasteiger partial charge < -0.3 is 19.9 Å². The van der Waals surface area contributed by atoms with E-state index in [9.17, 15) is 28.7 Å². The maximum atomic E-state index is 12.9. The SMILES string of the molecule is COC(=O)C(C(=O)OC)[C@H](C)[C@@H](NC(=O)c1ccc(F)cc1)C(=O)O. The van der Waals surface area contributed by atoms with Gasteiger partial charge >= 0.3 is 17.9 Å². The van der Waals surface area contributed by atoms with Gasteiger partial charge in [0.05, 0.1) is 14.2 Å². The molecule has 136 valence electrons. The van der Waals surface area contributed by atoms with E-state index in [1.807, 2.05) is 0 Å². The molecule has 1 aromatic carbocycles. The number of hydrogen-bond donors (Lipinski definition) is 2. The van der Waals surface area contributed by atoms with Crippen molar-refractivity contribution >= 4 is 23.8 Å². The molecule has 0 fully saturated rings. The average Bonchev–Trinajstić information content (AvgIpc) is 2.59. The third-order valence-electron chi connectivity index (χ3n) is 3.62. The normalized spacial score (nSPS) is 12.8. The van der Waals surface area contributed by atoms with Gasteiger partial charge in [0.25, 0.3) is 5.91 Å². The molecule has 2 atom stereocenters. The fourth-order valence-electron chi connectivity index (χ4n) is 2.22. The number of carbonyl (C=O) groups excluding carboxylic acids is 3. The number of benzene rings is 1. The van der Waals surface area contributed by atoms with Crippen molar-refractivity contribution in [3.05, 3.63) is 35.6 Å². The molecule has 1 aromatic rings. The predicted molar refractivity (Wildman–Crippen MR) is 82.0 cm³/mol. The summed E-state index contributed by atoms with van der Waals surface area (Å²) in [6.45, 7) is 1.29. The lowest BCUT2D eigenvalue weighted by atomic mass is 9.87. The number of aliphatic carboxylic acids is 1. The van der Waals surface area contributed by atoms with Crippen LogP contribution in [0.2, 0.25) is 0 Å². The van der Waals surface area contributed by atoms with Crippen LogP contribution in [0, 0.1) is 17.7 Å². The Hall–Kier alpha value is -2.97. The summed E-state index contributed by atoms with van der Waals surface area (Å²) in [6.07, 6.45) is 0. The zero-order chi connectivity index (χ0) is 19.1. The third kappa shape index (κ3) is 5.00. The van der Waals surface area contributed by atoms with Crippen molar-refractivity contribution in [1.82, 2.24) is 5.32 Å². The molecule has 9 heteroatoms. The highest BCUT2D eigenvalue weighted by Gasteiger charge is 2.42. The summed E-state index contributed by atoms with van der Waals surface area (Å²) in [5.41, 5.74) is 0.0209. The molecule has 0 aliphatic rings. The molecular weight excluding hydrogens is 337 g/mol. The number of halogens is 1. The smallest absolute Gasteiger partial charge is 0.326 e. The van der Waals surface area contributed by atoms with Crippen molar-refractivity contribution in [3.8, 4) is 0 Å². The van der Waals surface area contributed by atoms with E-state index in [0.29, 0.717) is 0 Å². The van der Waals surface area contributed by atoms with E-state index in [2.05, 4.69) is 14.8 Å². The number of hydrogen-bond acceptors (Lipinski definition) is 6. The van der Waals surface area contributed by atoms with E-state index in [1.165, 1.54) is 19.1 Å². The number of carboxylic acid groups (broad SMARTS) is 1. The van der Waals surface area contributed by atoms with Crippen molar-refractivity contribution in [2.45, 2.75) is 13.0 Å². The number of methoxy groups -OCH3 is 2. The van der Waals surface area contributed by atoms with Crippen molar-refractivity contribution in [3.63, 3.8) is 0 Å². The zero-order valence-electron chi connectivity index (χ0n) is 13.8. The lowest BCUT2D eigenvalue weighted by Crippen LogP contribution is -2.50. The van der Waals surface area contributed by atoms with Gasteiger partial charge in [0.15, 0.2) is 5.92 Å². The van der Waals surface area contributed by atoms with Crippen LogP contribution in [0.3, 0.4) is 0 Å². The van der Waals surface area contributed by atoms with E-state index in [-0.39, 0.29) is 5.56 Å². The van der Waals surface area contributed by atoms with Gasteiger partial charge in [0.2, 0.25) is 0 Å². The summed E-state index contributed by atoms with van der Waals surface area (Å²) in [5.74, 6) is -7.49. The Morgan fingerprint density at radius 3 is 1.92 bits per heavy atom. The van der Waals surface area contributed by atoms with Gasteiger partial charge in [0.1, 0.15) is 11.9 Å². The first-order valence-corrected chi connectivity index (χ1v) is 7.17. The molecule has 0 aliphatic carbocycles. The van der Waals surface area contributed by atoms with Crippen LogP contribution in [0.1, 0.15) is 17.3 Å². The number of esters is 2. The summed E-state index contributed by atoms with van der Waals surface area (Å²) >= 11 is 0. The molecule has 0 spiro atoms. The minimum Gasteiger partial charge on any atom is -0.480 e. The van der Waals surface area contributed by atoms with E-state index in [1.54, 1.807) is 0 Å². The van der Waals surface area contributed by atoms with Gasteiger partial charge in [-0.25, -0.2) is 9.18 Å². The van der Waals surface area contributed by atoms with Crippen LogP contribution in [0.4, 0.5) is 4.39 Å². The maximum absolute atomic E-state index is 12.9. The molecule has 1 rings (SSSR count). The summed E-state index contributed by atoms with van der Waals surface area (Å²) in [4.78, 5) is 47.3. The van der Waals surface area contributed by atoms with E-state index in [0.717, 1.165) is 26.4 Å². The second kappa shape index (κ2) is 8.76. The van der Waals surface area contributed by atoms with Crippen LogP contribution >= 0.6 is 0 Å². The molecule has 0 aromatic heterocycles. The van der Waals surface area contributed by atoms with E-state index < -0.39 is 47.5 Å². The van der Waals surface area contributed by atoms with Crippen molar-refractivity contribution in [1.29, 1.82) is 0 Å². The number of nitrogens with one attached hydrogen (secondary N) is 1. The second-order valence-electron chi connectivity index (χ2n) is 5.18. The molecule has 0 radical (unpaired) electrons. The molecule has 0 aliphatic heterocycles. The Bertz CT molecular complexity index is 643. The standard InChI is InChI=1S/C16H18FNO7/c1-8(11(15(22)24-2)16(23)25-3)12(14(20)21)18-13(19)9-4-6-10(17)7-5-9/h4-8,11-12H,1-3H3,(H,18,19)(H,20,21)/t8-,12+/m0/s1. The van der Waals surface area contributed by atoms with Gasteiger partial charge in [-0.2, -0.15) is 0 Å². The first-order valence-electron chi connectivity index (χ1n) is 7.17. The maximum Gasteiger partial charge on any atom is 0.326 e. The fourth-order valence-corrected chi connectivity index (χ4v) is 2.22. The largest absolute Gasteiger partial charge is 0.480 e. The quantitative estimate of drug-likeness (QED) is 0.543. The number of carbonyl (C=O) groups is 4. The molecule has 0 heterocycles. The van der Waals surface area contributed by atoms with Gasteiger partial charge in [-0.05, 0) is 24.3 Å². The summed E-state index contributed by atoms with van der Waals surface area (Å²) in [6, 6.07) is 2.85. The molecule has 8 nitrogen and oxygen atoms in total. The van der Waals surface area contributed by atoms with Crippen molar-refractivity contribution in [2.75, 3.05) is 14.2 Å². The van der Waals surface area contributed by atoms with Crippen LogP contribution in [-0.4, -0.2) is 49.2 Å². The van der Waals surface area contributed by atoms with Crippen LogP contribution in [0.5, 0.6) is 0 Å². The van der Waals surface area contributed by atoms with Gasteiger partial charge in [-0.1, -0.05) is 6.92 Å². The summed E-state index contributed by atoms with van der Waals surface area (Å²) in [7, 11) is 2.08. The molecule has 2 N–H and O–H groups in total. The van der Waals surface area contributed by atoms with Crippen LogP contribution in [0.25, 0.3) is 0 Å².